The van der Waals surface area contributed by atoms with E-state index in [0.717, 1.165) is 25.7 Å². The van der Waals surface area contributed by atoms with E-state index in [9.17, 15) is 18.0 Å². The molecular formula is C17H19F3N4O. The summed E-state index contributed by atoms with van der Waals surface area (Å²) in [6, 6.07) is 5.10. The van der Waals surface area contributed by atoms with E-state index in [-0.39, 0.29) is 18.3 Å². The maximum absolute atomic E-state index is 13.4. The maximum atomic E-state index is 13.4. The lowest BCUT2D eigenvalue weighted by Crippen LogP contribution is -2.26. The number of alkyl halides is 3. The Balaban J connectivity index is 1.89. The van der Waals surface area contributed by atoms with Gasteiger partial charge in [-0.25, -0.2) is 0 Å². The Morgan fingerprint density at radius 1 is 1.32 bits per heavy atom. The molecule has 1 fully saturated rings. The zero-order chi connectivity index (χ0) is 18.0. The number of rotatable bonds is 4. The predicted octanol–water partition coefficient (Wildman–Crippen LogP) is 3.65. The fourth-order valence-corrected chi connectivity index (χ4v) is 3.26. The lowest BCUT2D eigenvalue weighted by Gasteiger charge is -2.12. The molecular weight excluding hydrogens is 333 g/mol. The van der Waals surface area contributed by atoms with Gasteiger partial charge in [0.05, 0.1) is 23.8 Å². The third kappa shape index (κ3) is 3.67. The largest absolute Gasteiger partial charge is 0.435 e. The molecule has 0 bridgehead atoms. The van der Waals surface area contributed by atoms with Gasteiger partial charge >= 0.3 is 6.18 Å². The first-order chi connectivity index (χ1) is 11.9. The monoisotopic (exact) mass is 352 g/mol. The van der Waals surface area contributed by atoms with Gasteiger partial charge in [-0.1, -0.05) is 18.9 Å². The molecule has 0 saturated heterocycles. The van der Waals surface area contributed by atoms with Crippen molar-refractivity contribution in [3.05, 3.63) is 47.0 Å². The predicted molar refractivity (Wildman–Crippen MR) is 84.9 cm³/mol. The quantitative estimate of drug-likeness (QED) is 0.914. The molecule has 8 heteroatoms. The van der Waals surface area contributed by atoms with Crippen molar-refractivity contribution in [2.24, 2.45) is 0 Å². The minimum atomic E-state index is -4.67. The fraction of sp³-hybridized carbons (Fsp3) is 0.471. The van der Waals surface area contributed by atoms with Gasteiger partial charge in [0.15, 0.2) is 5.69 Å². The van der Waals surface area contributed by atoms with Gasteiger partial charge < -0.3 is 5.32 Å². The van der Waals surface area contributed by atoms with Gasteiger partial charge in [0, 0.05) is 11.9 Å². The second-order valence-corrected chi connectivity index (χ2v) is 6.19. The molecule has 1 aliphatic carbocycles. The van der Waals surface area contributed by atoms with Crippen LogP contribution >= 0.6 is 0 Å². The van der Waals surface area contributed by atoms with Crippen molar-refractivity contribution >= 4 is 5.91 Å². The van der Waals surface area contributed by atoms with Gasteiger partial charge in [0.2, 0.25) is 0 Å². The Morgan fingerprint density at radius 3 is 2.64 bits per heavy atom. The van der Waals surface area contributed by atoms with E-state index in [4.69, 9.17) is 0 Å². The second-order valence-electron chi connectivity index (χ2n) is 6.19. The molecule has 1 N–H and O–H groups in total. The molecule has 0 radical (unpaired) electrons. The summed E-state index contributed by atoms with van der Waals surface area (Å²) in [5.74, 6) is -0.778. The van der Waals surface area contributed by atoms with E-state index in [1.165, 1.54) is 11.6 Å². The summed E-state index contributed by atoms with van der Waals surface area (Å²) in [6.45, 7) is 1.58. The van der Waals surface area contributed by atoms with Gasteiger partial charge in [0.1, 0.15) is 0 Å². The van der Waals surface area contributed by atoms with E-state index >= 15 is 0 Å². The zero-order valence-electron chi connectivity index (χ0n) is 13.8. The summed E-state index contributed by atoms with van der Waals surface area (Å²) in [5, 5.41) is 6.27. The molecule has 1 aliphatic rings. The van der Waals surface area contributed by atoms with Crippen LogP contribution in [-0.2, 0) is 12.7 Å². The molecule has 134 valence electrons. The molecule has 0 spiro atoms. The van der Waals surface area contributed by atoms with Gasteiger partial charge in [-0.3, -0.25) is 14.5 Å². The van der Waals surface area contributed by atoms with Crippen molar-refractivity contribution in [3.8, 4) is 0 Å². The van der Waals surface area contributed by atoms with Crippen LogP contribution in [0.1, 0.15) is 59.2 Å². The molecule has 25 heavy (non-hydrogen) atoms. The van der Waals surface area contributed by atoms with E-state index < -0.39 is 23.3 Å². The third-order valence-corrected chi connectivity index (χ3v) is 4.47. The number of carbonyl (C=O) groups is 1. The Bertz CT molecular complexity index is 749. The smallest absolute Gasteiger partial charge is 0.346 e. The highest BCUT2D eigenvalue weighted by molar-refractivity contribution is 5.96. The molecule has 2 aromatic rings. The Labute approximate surface area is 143 Å². The van der Waals surface area contributed by atoms with Gasteiger partial charge in [-0.05, 0) is 31.9 Å². The highest BCUT2D eigenvalue weighted by Gasteiger charge is 2.41. The Hall–Kier alpha value is -2.38. The molecule has 0 unspecified atom stereocenters. The number of halogens is 3. The number of amides is 1. The highest BCUT2D eigenvalue weighted by atomic mass is 19.4. The maximum Gasteiger partial charge on any atom is 0.435 e. The summed E-state index contributed by atoms with van der Waals surface area (Å²) in [6.07, 6.45) is 0.390. The zero-order valence-corrected chi connectivity index (χ0v) is 13.8. The summed E-state index contributed by atoms with van der Waals surface area (Å²) >= 11 is 0. The Morgan fingerprint density at radius 2 is 2.04 bits per heavy atom. The average molecular weight is 352 g/mol. The van der Waals surface area contributed by atoms with Gasteiger partial charge in [0.25, 0.3) is 5.91 Å². The molecule has 0 aromatic carbocycles. The minimum absolute atomic E-state index is 0.0605. The normalized spacial score (nSPS) is 15.5. The molecule has 0 aliphatic heterocycles. The first-order valence-electron chi connectivity index (χ1n) is 8.22. The molecule has 1 saturated carbocycles. The van der Waals surface area contributed by atoms with Crippen molar-refractivity contribution in [1.82, 2.24) is 20.1 Å². The second kappa shape index (κ2) is 6.85. The lowest BCUT2D eigenvalue weighted by atomic mass is 10.1. The van der Waals surface area contributed by atoms with Crippen molar-refractivity contribution in [1.29, 1.82) is 0 Å². The number of pyridine rings is 1. The van der Waals surface area contributed by atoms with Gasteiger partial charge in [-0.2, -0.15) is 18.3 Å². The number of hydrogen-bond donors (Lipinski definition) is 1. The standard InChI is InChI=1S/C17H19F3N4O/c1-11-14(16(25)22-10-12-6-4-5-9-21-12)15(17(18,19)20)23-24(11)13-7-2-3-8-13/h4-6,9,13H,2-3,7-8,10H2,1H3,(H,22,25). The minimum Gasteiger partial charge on any atom is -0.346 e. The SMILES string of the molecule is Cc1c(C(=O)NCc2ccccn2)c(C(F)(F)F)nn1C1CCCC1. The van der Waals surface area contributed by atoms with Crippen molar-refractivity contribution in [2.45, 2.75) is 51.4 Å². The van der Waals surface area contributed by atoms with Crippen LogP contribution < -0.4 is 5.32 Å². The molecule has 0 atom stereocenters. The third-order valence-electron chi connectivity index (χ3n) is 4.47. The van der Waals surface area contributed by atoms with Crippen LogP contribution in [0.5, 0.6) is 0 Å². The number of carbonyl (C=O) groups excluding carboxylic acids is 1. The first kappa shape index (κ1) is 17.4. The van der Waals surface area contributed by atoms with E-state index in [1.807, 2.05) is 0 Å². The van der Waals surface area contributed by atoms with Crippen molar-refractivity contribution in [2.75, 3.05) is 0 Å². The number of nitrogens with zero attached hydrogens (tertiary/aromatic N) is 3. The molecule has 3 rings (SSSR count). The van der Waals surface area contributed by atoms with Crippen molar-refractivity contribution < 1.29 is 18.0 Å². The van der Waals surface area contributed by atoms with Crippen LogP contribution in [-0.4, -0.2) is 20.7 Å². The summed E-state index contributed by atoms with van der Waals surface area (Å²) < 4.78 is 41.5. The van der Waals surface area contributed by atoms with Crippen LogP contribution in [0.15, 0.2) is 24.4 Å². The van der Waals surface area contributed by atoms with Crippen LogP contribution in [0.3, 0.4) is 0 Å². The number of hydrogen-bond acceptors (Lipinski definition) is 3. The van der Waals surface area contributed by atoms with E-state index in [2.05, 4.69) is 15.4 Å². The van der Waals surface area contributed by atoms with Crippen LogP contribution in [0.2, 0.25) is 0 Å². The van der Waals surface area contributed by atoms with E-state index in [1.54, 1.807) is 24.4 Å². The Kier molecular flexibility index (Phi) is 4.78. The van der Waals surface area contributed by atoms with Crippen LogP contribution in [0, 0.1) is 6.92 Å². The molecule has 5 nitrogen and oxygen atoms in total. The summed E-state index contributed by atoms with van der Waals surface area (Å²) in [5.41, 5.74) is -0.672. The average Bonchev–Trinajstić information content (AvgIpc) is 3.20. The number of aromatic nitrogens is 3. The van der Waals surface area contributed by atoms with Crippen molar-refractivity contribution in [3.63, 3.8) is 0 Å². The lowest BCUT2D eigenvalue weighted by molar-refractivity contribution is -0.141. The summed E-state index contributed by atoms with van der Waals surface area (Å²) in [4.78, 5) is 16.5. The topological polar surface area (TPSA) is 59.8 Å². The number of nitrogens with one attached hydrogen (secondary N) is 1. The van der Waals surface area contributed by atoms with Gasteiger partial charge in [-0.15, -0.1) is 0 Å². The van der Waals surface area contributed by atoms with Crippen LogP contribution in [0.25, 0.3) is 0 Å². The molecule has 2 heterocycles. The first-order valence-corrected chi connectivity index (χ1v) is 8.22. The highest BCUT2D eigenvalue weighted by Crippen LogP contribution is 2.36. The van der Waals surface area contributed by atoms with E-state index in [0.29, 0.717) is 5.69 Å². The summed E-state index contributed by atoms with van der Waals surface area (Å²) in [7, 11) is 0. The van der Waals surface area contributed by atoms with Crippen LogP contribution in [0.4, 0.5) is 13.2 Å². The molecule has 2 aromatic heterocycles. The molecule has 1 amide bonds. The fourth-order valence-electron chi connectivity index (χ4n) is 3.26.